The van der Waals surface area contributed by atoms with Crippen LogP contribution in [0.25, 0.3) is 0 Å². The van der Waals surface area contributed by atoms with E-state index in [4.69, 9.17) is 0 Å². The Morgan fingerprint density at radius 2 is 1.94 bits per heavy atom. The normalized spacial score (nSPS) is 20.0. The van der Waals surface area contributed by atoms with Gasteiger partial charge in [0.2, 0.25) is 5.91 Å². The minimum absolute atomic E-state index is 0.0289. The summed E-state index contributed by atoms with van der Waals surface area (Å²) < 4.78 is 1.86. The number of aromatic nitrogens is 1. The molecule has 2 N–H and O–H groups in total. The summed E-state index contributed by atoms with van der Waals surface area (Å²) in [5, 5.41) is 6.02. The van der Waals surface area contributed by atoms with Crippen LogP contribution in [0.5, 0.6) is 0 Å². The summed E-state index contributed by atoms with van der Waals surface area (Å²) in [5.41, 5.74) is 2.90. The number of aryl methyl sites for hydroxylation is 1. The van der Waals surface area contributed by atoms with Crippen LogP contribution in [-0.2, 0) is 17.8 Å². The van der Waals surface area contributed by atoms with Gasteiger partial charge in [-0.1, -0.05) is 31.2 Å². The van der Waals surface area contributed by atoms with E-state index in [9.17, 15) is 14.4 Å². The Morgan fingerprint density at radius 3 is 2.73 bits per heavy atom. The first-order chi connectivity index (χ1) is 16.0. The molecule has 3 unspecified atom stereocenters. The van der Waals surface area contributed by atoms with Crippen molar-refractivity contribution in [2.75, 3.05) is 30.4 Å². The monoisotopic (exact) mass is 468 g/mol. The molecule has 1 aromatic heterocycles. The van der Waals surface area contributed by atoms with E-state index in [1.165, 1.54) is 0 Å². The minimum atomic E-state index is -0.605. The fourth-order valence-corrected chi connectivity index (χ4v) is 5.45. The maximum Gasteiger partial charge on any atom is 0.318 e. The van der Waals surface area contributed by atoms with E-state index < -0.39 is 6.04 Å². The number of likely N-dealkylation sites (tertiary alicyclic amines) is 1. The van der Waals surface area contributed by atoms with Crippen LogP contribution in [0, 0.1) is 5.92 Å². The molecule has 33 heavy (non-hydrogen) atoms. The average molecular weight is 469 g/mol. The Bertz CT molecular complexity index is 1070. The number of para-hydroxylation sites is 1. The number of rotatable bonds is 7. The van der Waals surface area contributed by atoms with Gasteiger partial charge in [0, 0.05) is 43.0 Å². The first-order valence-corrected chi connectivity index (χ1v) is 13.0. The molecule has 0 saturated carbocycles. The van der Waals surface area contributed by atoms with E-state index >= 15 is 0 Å². The first kappa shape index (κ1) is 23.4. The van der Waals surface area contributed by atoms with E-state index in [2.05, 4.69) is 17.6 Å². The number of thioether (sulfide) groups is 1. The lowest BCUT2D eigenvalue weighted by Gasteiger charge is -2.43. The molecule has 1 fully saturated rings. The second-order valence-electron chi connectivity index (χ2n) is 8.89. The number of piperidine rings is 1. The third-order valence-corrected chi connectivity index (χ3v) is 7.29. The van der Waals surface area contributed by atoms with Gasteiger partial charge in [-0.3, -0.25) is 9.59 Å². The second-order valence-corrected chi connectivity index (χ2v) is 9.87. The highest BCUT2D eigenvalue weighted by molar-refractivity contribution is 7.98. The maximum absolute atomic E-state index is 13.2. The smallest absolute Gasteiger partial charge is 0.318 e. The fraction of sp³-hybridized carbons (Fsp3) is 0.480. The summed E-state index contributed by atoms with van der Waals surface area (Å²) in [6.07, 6.45) is 4.36. The molecule has 176 valence electrons. The van der Waals surface area contributed by atoms with Crippen molar-refractivity contribution in [1.29, 1.82) is 0 Å². The number of carbonyl (C=O) groups is 2. The van der Waals surface area contributed by atoms with Gasteiger partial charge >= 0.3 is 6.03 Å². The molecule has 1 saturated heterocycles. The highest BCUT2D eigenvalue weighted by Crippen LogP contribution is 2.34. The summed E-state index contributed by atoms with van der Waals surface area (Å²) in [4.78, 5) is 40.4. The standard InChI is InChI=1S/C25H32N4O3S/c1-3-18-7-4-5-8-20(18)26-24(31)21(11-12-33-2)27-25(32)28-14-17-13-19(16-28)22-9-6-10-23(30)29(22)15-17/h4-10,17,19,21H,3,11-16H2,1-2H3,(H,26,31)(H,27,32). The Balaban J connectivity index is 1.45. The minimum Gasteiger partial charge on any atom is -0.326 e. The summed E-state index contributed by atoms with van der Waals surface area (Å²) in [5.74, 6) is 0.978. The molecule has 0 aliphatic carbocycles. The van der Waals surface area contributed by atoms with E-state index in [0.717, 1.165) is 35.5 Å². The third kappa shape index (κ3) is 5.27. The summed E-state index contributed by atoms with van der Waals surface area (Å²) >= 11 is 1.65. The Kier molecular flexibility index (Phi) is 7.42. The van der Waals surface area contributed by atoms with Crippen molar-refractivity contribution >= 4 is 29.4 Å². The van der Waals surface area contributed by atoms with Crippen molar-refractivity contribution in [3.05, 3.63) is 64.1 Å². The molecule has 2 aliphatic rings. The molecule has 8 heteroatoms. The van der Waals surface area contributed by atoms with Crippen LogP contribution in [0.1, 0.15) is 36.9 Å². The van der Waals surface area contributed by atoms with Gasteiger partial charge in [0.25, 0.3) is 5.56 Å². The van der Waals surface area contributed by atoms with Crippen LogP contribution in [0.4, 0.5) is 10.5 Å². The van der Waals surface area contributed by atoms with Gasteiger partial charge in [-0.15, -0.1) is 0 Å². The van der Waals surface area contributed by atoms with Gasteiger partial charge in [0.15, 0.2) is 0 Å². The second kappa shape index (κ2) is 10.5. The average Bonchev–Trinajstić information content (AvgIpc) is 2.82. The predicted octanol–water partition coefficient (Wildman–Crippen LogP) is 3.30. The quantitative estimate of drug-likeness (QED) is 0.653. The molecule has 3 amide bonds. The van der Waals surface area contributed by atoms with Crippen molar-refractivity contribution in [2.45, 2.75) is 44.7 Å². The lowest BCUT2D eigenvalue weighted by atomic mass is 9.83. The number of pyridine rings is 1. The molecular weight excluding hydrogens is 436 g/mol. The number of nitrogens with one attached hydrogen (secondary N) is 2. The lowest BCUT2D eigenvalue weighted by molar-refractivity contribution is -0.118. The van der Waals surface area contributed by atoms with Gasteiger partial charge < -0.3 is 20.1 Å². The van der Waals surface area contributed by atoms with Crippen LogP contribution in [0.3, 0.4) is 0 Å². The number of nitrogens with zero attached hydrogens (tertiary/aromatic N) is 2. The molecule has 0 radical (unpaired) electrons. The third-order valence-electron chi connectivity index (χ3n) is 6.65. The van der Waals surface area contributed by atoms with E-state index in [1.54, 1.807) is 23.9 Å². The van der Waals surface area contributed by atoms with E-state index in [-0.39, 0.29) is 29.3 Å². The zero-order chi connectivity index (χ0) is 23.4. The van der Waals surface area contributed by atoms with Crippen LogP contribution in [0.15, 0.2) is 47.3 Å². The first-order valence-electron chi connectivity index (χ1n) is 11.6. The number of amides is 3. The molecule has 2 aliphatic heterocycles. The highest BCUT2D eigenvalue weighted by atomic mass is 32.2. The Morgan fingerprint density at radius 1 is 1.12 bits per heavy atom. The number of urea groups is 1. The van der Waals surface area contributed by atoms with Crippen LogP contribution >= 0.6 is 11.8 Å². The zero-order valence-electron chi connectivity index (χ0n) is 19.3. The molecule has 0 spiro atoms. The fourth-order valence-electron chi connectivity index (χ4n) is 4.98. The topological polar surface area (TPSA) is 83.4 Å². The highest BCUT2D eigenvalue weighted by Gasteiger charge is 2.37. The van der Waals surface area contributed by atoms with Gasteiger partial charge in [-0.25, -0.2) is 4.79 Å². The molecule has 1 aromatic carbocycles. The van der Waals surface area contributed by atoms with E-state index in [1.807, 2.05) is 46.1 Å². The molecule has 3 heterocycles. The maximum atomic E-state index is 13.2. The number of hydrogen-bond acceptors (Lipinski definition) is 4. The van der Waals surface area contributed by atoms with Crippen LogP contribution < -0.4 is 16.2 Å². The van der Waals surface area contributed by atoms with E-state index in [0.29, 0.717) is 26.1 Å². The van der Waals surface area contributed by atoms with Gasteiger partial charge in [0.05, 0.1) is 0 Å². The molecular formula is C25H32N4O3S. The van der Waals surface area contributed by atoms with Crippen LogP contribution in [-0.4, -0.2) is 52.5 Å². The molecule has 4 rings (SSSR count). The number of hydrogen-bond donors (Lipinski definition) is 2. The lowest BCUT2D eigenvalue weighted by Crippen LogP contribution is -2.55. The van der Waals surface area contributed by atoms with Crippen molar-refractivity contribution < 1.29 is 9.59 Å². The summed E-state index contributed by atoms with van der Waals surface area (Å²) in [6, 6.07) is 12.3. The largest absolute Gasteiger partial charge is 0.326 e. The Hall–Kier alpha value is -2.74. The van der Waals surface area contributed by atoms with Gasteiger partial charge in [0.1, 0.15) is 6.04 Å². The predicted molar refractivity (Wildman–Crippen MR) is 133 cm³/mol. The number of carbonyl (C=O) groups excluding carboxylic acids is 2. The van der Waals surface area contributed by atoms with Crippen molar-refractivity contribution in [3.8, 4) is 0 Å². The molecule has 7 nitrogen and oxygen atoms in total. The molecule has 2 bridgehead atoms. The number of benzene rings is 1. The zero-order valence-corrected chi connectivity index (χ0v) is 20.1. The summed E-state index contributed by atoms with van der Waals surface area (Å²) in [6.45, 7) is 3.84. The van der Waals surface area contributed by atoms with Crippen molar-refractivity contribution in [1.82, 2.24) is 14.8 Å². The summed E-state index contributed by atoms with van der Waals surface area (Å²) in [7, 11) is 0. The van der Waals surface area contributed by atoms with Crippen LogP contribution in [0.2, 0.25) is 0 Å². The van der Waals surface area contributed by atoms with Gasteiger partial charge in [-0.2, -0.15) is 11.8 Å². The molecule has 3 atom stereocenters. The Labute approximate surface area is 198 Å². The number of fused-ring (bicyclic) bond motifs is 4. The van der Waals surface area contributed by atoms with Gasteiger partial charge in [-0.05, 0) is 54.9 Å². The SMILES string of the molecule is CCc1ccccc1NC(=O)C(CCSC)NC(=O)N1CC2CC(C1)c1cccc(=O)n1C2. The van der Waals surface area contributed by atoms with Crippen molar-refractivity contribution in [3.63, 3.8) is 0 Å². The number of anilines is 1. The van der Waals surface area contributed by atoms with Crippen molar-refractivity contribution in [2.24, 2.45) is 5.92 Å². The molecule has 2 aromatic rings.